The Labute approximate surface area is 128 Å². The Hall–Kier alpha value is -2.56. The third-order valence-corrected chi connectivity index (χ3v) is 3.89. The van der Waals surface area contributed by atoms with Crippen LogP contribution >= 0.6 is 0 Å². The second-order valence-electron chi connectivity index (χ2n) is 5.38. The van der Waals surface area contributed by atoms with Crippen molar-refractivity contribution in [2.24, 2.45) is 0 Å². The summed E-state index contributed by atoms with van der Waals surface area (Å²) in [5, 5.41) is 11.0. The molecule has 1 amide bonds. The zero-order valence-corrected chi connectivity index (χ0v) is 12.1. The number of hydrogen-bond donors (Lipinski definition) is 1. The summed E-state index contributed by atoms with van der Waals surface area (Å²) in [4.78, 5) is 25.2. The zero-order valence-electron chi connectivity index (χ0n) is 12.1. The molecule has 0 saturated carbocycles. The minimum atomic E-state index is -1.06. The Morgan fingerprint density at radius 1 is 1.09 bits per heavy atom. The van der Waals surface area contributed by atoms with Gasteiger partial charge in [0.05, 0.1) is 0 Å². The van der Waals surface area contributed by atoms with Gasteiger partial charge in [-0.25, -0.2) is 4.79 Å². The standard InChI is InChI=1S/C17H17NO4/c19-16(18-7-3-4-8-18)11-22-15-10-13-6-2-1-5-12(13)9-14(15)17(20)21/h1-2,5-6,9-10H,3-4,7-8,11H2,(H,20,21). The molecule has 2 aromatic rings. The van der Waals surface area contributed by atoms with Gasteiger partial charge in [0.25, 0.3) is 5.91 Å². The van der Waals surface area contributed by atoms with Gasteiger partial charge < -0.3 is 14.7 Å². The number of rotatable bonds is 4. The summed E-state index contributed by atoms with van der Waals surface area (Å²) >= 11 is 0. The maximum atomic E-state index is 12.0. The van der Waals surface area contributed by atoms with Gasteiger partial charge in [0.15, 0.2) is 6.61 Å². The number of ether oxygens (including phenoxy) is 1. The molecule has 1 aliphatic heterocycles. The number of carboxylic acid groups (broad SMARTS) is 1. The first kappa shape index (κ1) is 14.4. The summed E-state index contributed by atoms with van der Waals surface area (Å²) in [6.07, 6.45) is 2.03. The van der Waals surface area contributed by atoms with E-state index in [9.17, 15) is 14.7 Å². The second-order valence-corrected chi connectivity index (χ2v) is 5.38. The molecule has 0 spiro atoms. The molecule has 0 aliphatic carbocycles. The summed E-state index contributed by atoms with van der Waals surface area (Å²) in [6, 6.07) is 10.7. The highest BCUT2D eigenvalue weighted by molar-refractivity contribution is 5.97. The molecule has 0 bridgehead atoms. The van der Waals surface area contributed by atoms with E-state index in [4.69, 9.17) is 4.74 Å². The van der Waals surface area contributed by atoms with Crippen LogP contribution in [0.25, 0.3) is 10.8 Å². The van der Waals surface area contributed by atoms with Gasteiger partial charge in [0, 0.05) is 13.1 Å². The van der Waals surface area contributed by atoms with Crippen LogP contribution in [0.3, 0.4) is 0 Å². The Morgan fingerprint density at radius 2 is 1.73 bits per heavy atom. The fourth-order valence-corrected chi connectivity index (χ4v) is 2.70. The molecule has 5 heteroatoms. The highest BCUT2D eigenvalue weighted by atomic mass is 16.5. The summed E-state index contributed by atoms with van der Waals surface area (Å²) < 4.78 is 5.51. The molecule has 3 rings (SSSR count). The highest BCUT2D eigenvalue weighted by Gasteiger charge is 2.20. The molecule has 2 aromatic carbocycles. The van der Waals surface area contributed by atoms with Gasteiger partial charge in [0.2, 0.25) is 0 Å². The quantitative estimate of drug-likeness (QED) is 0.942. The van der Waals surface area contributed by atoms with Gasteiger partial charge in [-0.3, -0.25) is 4.79 Å². The Balaban J connectivity index is 1.83. The molecule has 0 aromatic heterocycles. The van der Waals surface area contributed by atoms with E-state index in [0.29, 0.717) is 0 Å². The van der Waals surface area contributed by atoms with Crippen LogP contribution in [0.2, 0.25) is 0 Å². The first-order valence-corrected chi connectivity index (χ1v) is 7.32. The summed E-state index contributed by atoms with van der Waals surface area (Å²) in [5.74, 6) is -0.921. The number of benzene rings is 2. The average molecular weight is 299 g/mol. The van der Waals surface area contributed by atoms with E-state index >= 15 is 0 Å². The van der Waals surface area contributed by atoms with E-state index in [1.165, 1.54) is 0 Å². The van der Waals surface area contributed by atoms with Crippen molar-refractivity contribution < 1.29 is 19.4 Å². The number of carbonyl (C=O) groups is 2. The van der Waals surface area contributed by atoms with Gasteiger partial charge in [-0.1, -0.05) is 24.3 Å². The van der Waals surface area contributed by atoms with Crippen LogP contribution < -0.4 is 4.74 Å². The second kappa shape index (κ2) is 6.05. The maximum absolute atomic E-state index is 12.0. The summed E-state index contributed by atoms with van der Waals surface area (Å²) in [5.41, 5.74) is 0.0768. The molecule has 1 heterocycles. The molecule has 0 radical (unpaired) electrons. The third kappa shape index (κ3) is 2.88. The van der Waals surface area contributed by atoms with Crippen LogP contribution in [-0.4, -0.2) is 41.6 Å². The van der Waals surface area contributed by atoms with Crippen LogP contribution in [-0.2, 0) is 4.79 Å². The van der Waals surface area contributed by atoms with Gasteiger partial charge in [-0.05, 0) is 35.7 Å². The molecule has 0 atom stereocenters. The lowest BCUT2D eigenvalue weighted by Crippen LogP contribution is -2.32. The molecule has 1 N–H and O–H groups in total. The largest absolute Gasteiger partial charge is 0.483 e. The Kier molecular flexibility index (Phi) is 3.96. The van der Waals surface area contributed by atoms with Crippen molar-refractivity contribution in [3.63, 3.8) is 0 Å². The first-order chi connectivity index (χ1) is 10.6. The summed E-state index contributed by atoms with van der Waals surface area (Å²) in [6.45, 7) is 1.38. The molecular weight excluding hydrogens is 282 g/mol. The van der Waals surface area contributed by atoms with Gasteiger partial charge in [0.1, 0.15) is 11.3 Å². The molecule has 0 unspecified atom stereocenters. The molecule has 1 saturated heterocycles. The SMILES string of the molecule is O=C(O)c1cc2ccccc2cc1OCC(=O)N1CCCC1. The van der Waals surface area contributed by atoms with Gasteiger partial charge >= 0.3 is 5.97 Å². The lowest BCUT2D eigenvalue weighted by molar-refractivity contribution is -0.132. The Morgan fingerprint density at radius 3 is 2.36 bits per heavy atom. The molecule has 1 aliphatic rings. The van der Waals surface area contributed by atoms with Crippen molar-refractivity contribution in [2.75, 3.05) is 19.7 Å². The maximum Gasteiger partial charge on any atom is 0.339 e. The van der Waals surface area contributed by atoms with E-state index in [1.807, 2.05) is 24.3 Å². The van der Waals surface area contributed by atoms with Crippen LogP contribution in [0.5, 0.6) is 5.75 Å². The van der Waals surface area contributed by atoms with Crippen LogP contribution in [0, 0.1) is 0 Å². The lowest BCUT2D eigenvalue weighted by atomic mass is 10.1. The lowest BCUT2D eigenvalue weighted by Gasteiger charge is -2.16. The van der Waals surface area contributed by atoms with Crippen molar-refractivity contribution in [3.8, 4) is 5.75 Å². The van der Waals surface area contributed by atoms with Crippen molar-refractivity contribution >= 4 is 22.6 Å². The van der Waals surface area contributed by atoms with E-state index in [1.54, 1.807) is 17.0 Å². The zero-order chi connectivity index (χ0) is 15.5. The predicted octanol–water partition coefficient (Wildman–Crippen LogP) is 2.54. The minimum absolute atomic E-state index is 0.0768. The first-order valence-electron chi connectivity index (χ1n) is 7.32. The number of nitrogens with zero attached hydrogens (tertiary/aromatic N) is 1. The van der Waals surface area contributed by atoms with Gasteiger partial charge in [-0.2, -0.15) is 0 Å². The number of hydrogen-bond acceptors (Lipinski definition) is 3. The number of fused-ring (bicyclic) bond motifs is 1. The van der Waals surface area contributed by atoms with Crippen molar-refractivity contribution in [2.45, 2.75) is 12.8 Å². The minimum Gasteiger partial charge on any atom is -0.483 e. The Bertz CT molecular complexity index is 720. The normalized spacial score (nSPS) is 14.3. The number of carboxylic acids is 1. The van der Waals surface area contributed by atoms with E-state index in [0.717, 1.165) is 36.7 Å². The van der Waals surface area contributed by atoms with E-state index < -0.39 is 5.97 Å². The molecule has 1 fully saturated rings. The van der Waals surface area contributed by atoms with Crippen LogP contribution in [0.1, 0.15) is 23.2 Å². The number of amides is 1. The molecule has 114 valence electrons. The van der Waals surface area contributed by atoms with Crippen molar-refractivity contribution in [3.05, 3.63) is 42.0 Å². The highest BCUT2D eigenvalue weighted by Crippen LogP contribution is 2.26. The number of likely N-dealkylation sites (tertiary alicyclic amines) is 1. The molecule has 22 heavy (non-hydrogen) atoms. The summed E-state index contributed by atoms with van der Waals surface area (Å²) in [7, 11) is 0. The van der Waals surface area contributed by atoms with E-state index in [-0.39, 0.29) is 23.8 Å². The third-order valence-electron chi connectivity index (χ3n) is 3.89. The molecule has 5 nitrogen and oxygen atoms in total. The predicted molar refractivity (Wildman–Crippen MR) is 82.2 cm³/mol. The fraction of sp³-hybridized carbons (Fsp3) is 0.294. The topological polar surface area (TPSA) is 66.8 Å². The van der Waals surface area contributed by atoms with Crippen molar-refractivity contribution in [1.29, 1.82) is 0 Å². The van der Waals surface area contributed by atoms with E-state index in [2.05, 4.69) is 0 Å². The molecular formula is C17H17NO4. The average Bonchev–Trinajstić information content (AvgIpc) is 3.06. The fourth-order valence-electron chi connectivity index (χ4n) is 2.70. The monoisotopic (exact) mass is 299 g/mol. The smallest absolute Gasteiger partial charge is 0.339 e. The number of aromatic carboxylic acids is 1. The van der Waals surface area contributed by atoms with Crippen LogP contribution in [0.4, 0.5) is 0 Å². The van der Waals surface area contributed by atoms with Crippen molar-refractivity contribution in [1.82, 2.24) is 4.90 Å². The number of carbonyl (C=O) groups excluding carboxylic acids is 1. The van der Waals surface area contributed by atoms with Gasteiger partial charge in [-0.15, -0.1) is 0 Å². The van der Waals surface area contributed by atoms with Crippen LogP contribution in [0.15, 0.2) is 36.4 Å².